The Balaban J connectivity index is 1.81. The first kappa shape index (κ1) is 23.9. The van der Waals surface area contributed by atoms with Gasteiger partial charge in [0.05, 0.1) is 6.54 Å². The summed E-state index contributed by atoms with van der Waals surface area (Å²) < 4.78 is 0. The number of carbonyl (C=O) groups excluding carboxylic acids is 3. The highest BCUT2D eigenvalue weighted by Crippen LogP contribution is 2.15. The van der Waals surface area contributed by atoms with Crippen molar-refractivity contribution in [3.63, 3.8) is 0 Å². The number of rotatable bonds is 8. The summed E-state index contributed by atoms with van der Waals surface area (Å²) in [6, 6.07) is 13.9. The molecule has 4 N–H and O–H groups in total. The van der Waals surface area contributed by atoms with Crippen molar-refractivity contribution in [2.45, 2.75) is 46.6 Å². The monoisotopic (exact) mass is 424 g/mol. The molecule has 0 saturated carbocycles. The van der Waals surface area contributed by atoms with Crippen LogP contribution in [-0.4, -0.2) is 29.8 Å². The average molecular weight is 425 g/mol. The lowest BCUT2D eigenvalue weighted by molar-refractivity contribution is -0.117. The molecule has 0 bridgehead atoms. The Kier molecular flexibility index (Phi) is 8.19. The largest absolute Gasteiger partial charge is 0.376 e. The lowest BCUT2D eigenvalue weighted by atomic mass is 10.1. The van der Waals surface area contributed by atoms with E-state index < -0.39 is 0 Å². The zero-order valence-corrected chi connectivity index (χ0v) is 18.8. The average Bonchev–Trinajstić information content (AvgIpc) is 2.66. The predicted octanol–water partition coefficient (Wildman–Crippen LogP) is 4.25. The number of amides is 3. The van der Waals surface area contributed by atoms with Gasteiger partial charge in [0.2, 0.25) is 11.8 Å². The summed E-state index contributed by atoms with van der Waals surface area (Å²) in [7, 11) is 0. The van der Waals surface area contributed by atoms with Crippen molar-refractivity contribution in [1.82, 2.24) is 5.32 Å². The van der Waals surface area contributed by atoms with E-state index in [0.29, 0.717) is 23.6 Å². The van der Waals surface area contributed by atoms with Crippen LogP contribution in [0.2, 0.25) is 0 Å². The molecule has 0 aliphatic heterocycles. The van der Waals surface area contributed by atoms with E-state index in [0.717, 1.165) is 11.4 Å². The van der Waals surface area contributed by atoms with E-state index in [1.54, 1.807) is 48.5 Å². The number of nitrogens with one attached hydrogen (secondary N) is 4. The van der Waals surface area contributed by atoms with Crippen molar-refractivity contribution in [2.75, 3.05) is 22.5 Å². The Morgan fingerprint density at radius 3 is 1.77 bits per heavy atom. The maximum Gasteiger partial charge on any atom is 0.251 e. The van der Waals surface area contributed by atoms with Gasteiger partial charge in [-0.1, -0.05) is 13.8 Å². The van der Waals surface area contributed by atoms with E-state index in [1.807, 2.05) is 34.6 Å². The van der Waals surface area contributed by atoms with E-state index in [9.17, 15) is 14.4 Å². The molecule has 0 atom stereocenters. The van der Waals surface area contributed by atoms with E-state index in [-0.39, 0.29) is 29.8 Å². The van der Waals surface area contributed by atoms with Gasteiger partial charge in [-0.3, -0.25) is 14.4 Å². The van der Waals surface area contributed by atoms with Crippen LogP contribution >= 0.6 is 0 Å². The molecule has 0 spiro atoms. The van der Waals surface area contributed by atoms with Crippen LogP contribution in [0.5, 0.6) is 0 Å². The highest BCUT2D eigenvalue weighted by atomic mass is 16.2. The molecule has 0 unspecified atom stereocenters. The normalized spacial score (nSPS) is 11.0. The zero-order chi connectivity index (χ0) is 23.0. The Bertz CT molecular complexity index is 898. The summed E-state index contributed by atoms with van der Waals surface area (Å²) in [5.41, 5.74) is 2.32. The van der Waals surface area contributed by atoms with Crippen LogP contribution in [-0.2, 0) is 9.59 Å². The van der Waals surface area contributed by atoms with E-state index >= 15 is 0 Å². The first-order valence-electron chi connectivity index (χ1n) is 10.4. The number of anilines is 3. The summed E-state index contributed by atoms with van der Waals surface area (Å²) in [6.07, 6.45) is 0.475. The van der Waals surface area contributed by atoms with Crippen LogP contribution in [0.1, 0.15) is 51.4 Å². The Hall–Kier alpha value is -3.35. The molecule has 0 aliphatic rings. The molecule has 2 aromatic carbocycles. The van der Waals surface area contributed by atoms with Gasteiger partial charge in [-0.05, 0) is 75.2 Å². The third-order valence-corrected chi connectivity index (χ3v) is 4.13. The Morgan fingerprint density at radius 1 is 0.774 bits per heavy atom. The molecule has 0 radical (unpaired) electrons. The standard InChI is InChI=1S/C24H32N4O3/c1-16(2)14-21(29)26-20-12-10-18(11-13-20)25-15-22(30)27-19-8-6-17(7-9-19)23(31)28-24(3,4)5/h6-13,16,25H,14-15H2,1-5H3,(H,26,29)(H,27,30)(H,28,31). The van der Waals surface area contributed by atoms with E-state index in [1.165, 1.54) is 0 Å². The smallest absolute Gasteiger partial charge is 0.251 e. The third kappa shape index (κ3) is 8.90. The first-order valence-corrected chi connectivity index (χ1v) is 10.4. The van der Waals surface area contributed by atoms with E-state index in [4.69, 9.17) is 0 Å². The lowest BCUT2D eigenvalue weighted by Gasteiger charge is -2.20. The fraction of sp³-hybridized carbons (Fsp3) is 0.375. The van der Waals surface area contributed by atoms with Gasteiger partial charge in [-0.15, -0.1) is 0 Å². The number of carbonyl (C=O) groups is 3. The van der Waals surface area contributed by atoms with Gasteiger partial charge in [0.1, 0.15) is 0 Å². The fourth-order valence-corrected chi connectivity index (χ4v) is 2.76. The van der Waals surface area contributed by atoms with Gasteiger partial charge < -0.3 is 21.3 Å². The summed E-state index contributed by atoms with van der Waals surface area (Å²) >= 11 is 0. The van der Waals surface area contributed by atoms with Crippen molar-refractivity contribution in [3.8, 4) is 0 Å². The maximum absolute atomic E-state index is 12.2. The van der Waals surface area contributed by atoms with Crippen molar-refractivity contribution >= 4 is 34.8 Å². The van der Waals surface area contributed by atoms with Crippen molar-refractivity contribution in [1.29, 1.82) is 0 Å². The Morgan fingerprint density at radius 2 is 1.26 bits per heavy atom. The second-order valence-corrected chi connectivity index (χ2v) is 8.91. The molecule has 7 nitrogen and oxygen atoms in total. The summed E-state index contributed by atoms with van der Waals surface area (Å²) in [4.78, 5) is 36.2. The lowest BCUT2D eigenvalue weighted by Crippen LogP contribution is -2.40. The highest BCUT2D eigenvalue weighted by molar-refractivity contribution is 5.97. The SMILES string of the molecule is CC(C)CC(=O)Nc1ccc(NCC(=O)Nc2ccc(C(=O)NC(C)(C)C)cc2)cc1. The molecule has 0 saturated heterocycles. The minimum Gasteiger partial charge on any atom is -0.376 e. The van der Waals surface area contributed by atoms with Crippen molar-refractivity contribution in [3.05, 3.63) is 54.1 Å². The van der Waals surface area contributed by atoms with Crippen LogP contribution in [0.25, 0.3) is 0 Å². The molecule has 0 fully saturated rings. The fourth-order valence-electron chi connectivity index (χ4n) is 2.76. The summed E-state index contributed by atoms with van der Waals surface area (Å²) in [5, 5.41) is 11.6. The molecule has 166 valence electrons. The second-order valence-electron chi connectivity index (χ2n) is 8.91. The molecule has 31 heavy (non-hydrogen) atoms. The van der Waals surface area contributed by atoms with Gasteiger partial charge in [-0.25, -0.2) is 0 Å². The zero-order valence-electron chi connectivity index (χ0n) is 18.8. The molecule has 0 heterocycles. The van der Waals surface area contributed by atoms with Gasteiger partial charge in [0.15, 0.2) is 0 Å². The molecular weight excluding hydrogens is 392 g/mol. The van der Waals surface area contributed by atoms with Crippen LogP contribution in [0, 0.1) is 5.92 Å². The molecule has 3 amide bonds. The van der Waals surface area contributed by atoms with Crippen molar-refractivity contribution < 1.29 is 14.4 Å². The number of hydrogen-bond donors (Lipinski definition) is 4. The van der Waals surface area contributed by atoms with Gasteiger partial charge in [0.25, 0.3) is 5.91 Å². The molecule has 0 aromatic heterocycles. The molecule has 0 aliphatic carbocycles. The maximum atomic E-state index is 12.2. The van der Waals surface area contributed by atoms with Crippen LogP contribution in [0.4, 0.5) is 17.1 Å². The molecule has 2 rings (SSSR count). The molecular formula is C24H32N4O3. The van der Waals surface area contributed by atoms with Crippen LogP contribution in [0.3, 0.4) is 0 Å². The quantitative estimate of drug-likeness (QED) is 0.509. The van der Waals surface area contributed by atoms with Gasteiger partial charge in [-0.2, -0.15) is 0 Å². The van der Waals surface area contributed by atoms with Gasteiger partial charge in [0, 0.05) is 34.6 Å². The highest BCUT2D eigenvalue weighted by Gasteiger charge is 2.15. The summed E-state index contributed by atoms with van der Waals surface area (Å²) in [5.74, 6) is -0.0783. The summed E-state index contributed by atoms with van der Waals surface area (Å²) in [6.45, 7) is 9.84. The Labute approximate surface area is 184 Å². The van der Waals surface area contributed by atoms with Crippen molar-refractivity contribution in [2.24, 2.45) is 5.92 Å². The van der Waals surface area contributed by atoms with Crippen LogP contribution in [0.15, 0.2) is 48.5 Å². The minimum atomic E-state index is -0.312. The minimum absolute atomic E-state index is 0.0167. The second kappa shape index (κ2) is 10.6. The topological polar surface area (TPSA) is 99.3 Å². The molecule has 2 aromatic rings. The number of benzene rings is 2. The van der Waals surface area contributed by atoms with E-state index in [2.05, 4.69) is 21.3 Å². The molecule has 7 heteroatoms. The number of hydrogen-bond acceptors (Lipinski definition) is 4. The van der Waals surface area contributed by atoms with Crippen LogP contribution < -0.4 is 21.3 Å². The van der Waals surface area contributed by atoms with Gasteiger partial charge >= 0.3 is 0 Å². The third-order valence-electron chi connectivity index (χ3n) is 4.13. The predicted molar refractivity (Wildman–Crippen MR) is 125 cm³/mol. The first-order chi connectivity index (χ1) is 14.5.